The molecule has 0 saturated carbocycles. The Balaban J connectivity index is 2.65. The third-order valence-corrected chi connectivity index (χ3v) is 1.82. The highest BCUT2D eigenvalue weighted by molar-refractivity contribution is 5.98. The van der Waals surface area contributed by atoms with Gasteiger partial charge in [-0.25, -0.2) is 0 Å². The van der Waals surface area contributed by atoms with E-state index in [9.17, 15) is 13.2 Å². The van der Waals surface area contributed by atoms with Gasteiger partial charge < -0.3 is 9.94 Å². The Bertz CT molecular complexity index is 371. The summed E-state index contributed by atoms with van der Waals surface area (Å²) in [5.74, 6) is 0.117. The van der Waals surface area contributed by atoms with Gasteiger partial charge in [-0.2, -0.15) is 13.2 Å². The third kappa shape index (κ3) is 3.80. The number of benzene rings is 1. The van der Waals surface area contributed by atoms with Crippen LogP contribution in [0.5, 0.6) is 5.75 Å². The van der Waals surface area contributed by atoms with Crippen LogP contribution in [0.4, 0.5) is 13.2 Å². The number of hydrogen-bond donors (Lipinski definition) is 1. The van der Waals surface area contributed by atoms with E-state index in [-0.39, 0.29) is 5.75 Å². The predicted octanol–water partition coefficient (Wildman–Crippen LogP) is 2.83. The van der Waals surface area contributed by atoms with E-state index in [1.165, 1.54) is 24.3 Å². The summed E-state index contributed by atoms with van der Waals surface area (Å²) in [7, 11) is 0. The van der Waals surface area contributed by atoms with Crippen molar-refractivity contribution in [3.8, 4) is 5.75 Å². The molecule has 6 heteroatoms. The van der Waals surface area contributed by atoms with E-state index >= 15 is 0 Å². The molecule has 0 saturated heterocycles. The fourth-order valence-corrected chi connectivity index (χ4v) is 1.02. The van der Waals surface area contributed by atoms with Crippen molar-refractivity contribution < 1.29 is 23.1 Å². The average molecular weight is 233 g/mol. The van der Waals surface area contributed by atoms with Gasteiger partial charge in [0.25, 0.3) is 0 Å². The lowest BCUT2D eigenvalue weighted by Crippen LogP contribution is -2.19. The van der Waals surface area contributed by atoms with E-state index in [1.54, 1.807) is 6.92 Å². The molecule has 1 aromatic rings. The predicted molar refractivity (Wildman–Crippen MR) is 52.0 cm³/mol. The highest BCUT2D eigenvalue weighted by Gasteiger charge is 2.28. The van der Waals surface area contributed by atoms with Crippen LogP contribution >= 0.6 is 0 Å². The van der Waals surface area contributed by atoms with Crippen molar-refractivity contribution in [3.05, 3.63) is 29.8 Å². The Labute approximate surface area is 90.1 Å². The number of nitrogens with zero attached hydrogens (tertiary/aromatic N) is 1. The highest BCUT2D eigenvalue weighted by Crippen LogP contribution is 2.18. The van der Waals surface area contributed by atoms with E-state index in [0.29, 0.717) is 11.3 Å². The van der Waals surface area contributed by atoms with E-state index < -0.39 is 12.8 Å². The summed E-state index contributed by atoms with van der Waals surface area (Å²) in [5, 5.41) is 11.4. The number of halogens is 3. The monoisotopic (exact) mass is 233 g/mol. The van der Waals surface area contributed by atoms with E-state index in [4.69, 9.17) is 5.21 Å². The van der Waals surface area contributed by atoms with Gasteiger partial charge in [-0.15, -0.1) is 0 Å². The molecule has 0 aromatic heterocycles. The number of alkyl halides is 3. The maximum absolute atomic E-state index is 11.8. The number of rotatable bonds is 3. The molecule has 88 valence electrons. The van der Waals surface area contributed by atoms with Crippen LogP contribution in [0.3, 0.4) is 0 Å². The quantitative estimate of drug-likeness (QED) is 0.495. The molecule has 16 heavy (non-hydrogen) atoms. The Hall–Kier alpha value is -1.72. The molecule has 0 bridgehead atoms. The van der Waals surface area contributed by atoms with Crippen molar-refractivity contribution in [1.82, 2.24) is 0 Å². The first kappa shape index (κ1) is 12.4. The number of oxime groups is 1. The molecular weight excluding hydrogens is 223 g/mol. The minimum Gasteiger partial charge on any atom is -0.484 e. The molecular formula is C10H10F3NO2. The van der Waals surface area contributed by atoms with Crippen LogP contribution in [0, 0.1) is 0 Å². The van der Waals surface area contributed by atoms with E-state index in [0.717, 1.165) is 0 Å². The van der Waals surface area contributed by atoms with Crippen LogP contribution in [0.1, 0.15) is 12.5 Å². The van der Waals surface area contributed by atoms with Gasteiger partial charge in [0.2, 0.25) is 0 Å². The van der Waals surface area contributed by atoms with Gasteiger partial charge in [-0.05, 0) is 36.8 Å². The third-order valence-electron chi connectivity index (χ3n) is 1.82. The summed E-state index contributed by atoms with van der Waals surface area (Å²) in [6.45, 7) is 0.255. The van der Waals surface area contributed by atoms with Crippen molar-refractivity contribution in [3.63, 3.8) is 0 Å². The normalized spacial score (nSPS) is 12.6. The lowest BCUT2D eigenvalue weighted by molar-refractivity contribution is -0.153. The molecule has 1 aromatic carbocycles. The molecule has 0 spiro atoms. The average Bonchev–Trinajstić information content (AvgIpc) is 2.25. The highest BCUT2D eigenvalue weighted by atomic mass is 19.4. The van der Waals surface area contributed by atoms with Gasteiger partial charge in [0.15, 0.2) is 6.61 Å². The fourth-order valence-electron chi connectivity index (χ4n) is 1.02. The van der Waals surface area contributed by atoms with Crippen molar-refractivity contribution in [2.75, 3.05) is 6.61 Å². The summed E-state index contributed by atoms with van der Waals surface area (Å²) < 4.78 is 40.0. The molecule has 0 heterocycles. The van der Waals surface area contributed by atoms with Crippen LogP contribution in [0.15, 0.2) is 29.4 Å². The second-order valence-corrected chi connectivity index (χ2v) is 3.11. The topological polar surface area (TPSA) is 41.8 Å². The molecule has 3 nitrogen and oxygen atoms in total. The molecule has 0 atom stereocenters. The van der Waals surface area contributed by atoms with Crippen molar-refractivity contribution in [1.29, 1.82) is 0 Å². The van der Waals surface area contributed by atoms with Crippen LogP contribution in [-0.2, 0) is 0 Å². The number of ether oxygens (including phenoxy) is 1. The van der Waals surface area contributed by atoms with E-state index in [1.807, 2.05) is 0 Å². The van der Waals surface area contributed by atoms with Crippen molar-refractivity contribution in [2.24, 2.45) is 5.16 Å². The van der Waals surface area contributed by atoms with Gasteiger partial charge in [-0.1, -0.05) is 5.16 Å². The smallest absolute Gasteiger partial charge is 0.422 e. The fraction of sp³-hybridized carbons (Fsp3) is 0.300. The summed E-state index contributed by atoms with van der Waals surface area (Å²) >= 11 is 0. The van der Waals surface area contributed by atoms with Crippen LogP contribution in [-0.4, -0.2) is 23.7 Å². The van der Waals surface area contributed by atoms with Gasteiger partial charge >= 0.3 is 6.18 Å². The second-order valence-electron chi connectivity index (χ2n) is 3.11. The minimum absolute atomic E-state index is 0.117. The van der Waals surface area contributed by atoms with Gasteiger partial charge in [0, 0.05) is 0 Å². The zero-order valence-corrected chi connectivity index (χ0v) is 8.45. The first-order valence-corrected chi connectivity index (χ1v) is 4.41. The Morgan fingerprint density at radius 1 is 1.31 bits per heavy atom. The minimum atomic E-state index is -4.35. The second kappa shape index (κ2) is 4.87. The summed E-state index contributed by atoms with van der Waals surface area (Å²) in [4.78, 5) is 0. The molecule has 0 aliphatic rings. The number of hydrogen-bond acceptors (Lipinski definition) is 3. The van der Waals surface area contributed by atoms with Crippen molar-refractivity contribution >= 4 is 5.71 Å². The Morgan fingerprint density at radius 3 is 2.31 bits per heavy atom. The van der Waals surface area contributed by atoms with Crippen molar-refractivity contribution in [2.45, 2.75) is 13.1 Å². The summed E-state index contributed by atoms with van der Waals surface area (Å²) in [6, 6.07) is 5.80. The van der Waals surface area contributed by atoms with Crippen LogP contribution in [0.2, 0.25) is 0 Å². The van der Waals surface area contributed by atoms with Crippen LogP contribution < -0.4 is 4.74 Å². The first-order valence-electron chi connectivity index (χ1n) is 4.41. The lowest BCUT2D eigenvalue weighted by atomic mass is 10.1. The van der Waals surface area contributed by atoms with Gasteiger partial charge in [0.1, 0.15) is 5.75 Å². The maximum atomic E-state index is 11.8. The zero-order valence-electron chi connectivity index (χ0n) is 8.45. The Kier molecular flexibility index (Phi) is 3.76. The lowest BCUT2D eigenvalue weighted by Gasteiger charge is -2.09. The molecule has 0 amide bonds. The largest absolute Gasteiger partial charge is 0.484 e. The van der Waals surface area contributed by atoms with Gasteiger partial charge in [0.05, 0.1) is 5.71 Å². The molecule has 0 unspecified atom stereocenters. The maximum Gasteiger partial charge on any atom is 0.422 e. The standard InChI is InChI=1S/C10H10F3NO2/c1-7(14-15)8-2-4-9(5-3-8)16-6-10(11,12)13/h2-5,15H,6H2,1H3. The Morgan fingerprint density at radius 2 is 1.88 bits per heavy atom. The molecule has 1 rings (SSSR count). The molecule has 0 aliphatic heterocycles. The molecule has 0 aliphatic carbocycles. The molecule has 0 fully saturated rings. The first-order chi connectivity index (χ1) is 7.42. The molecule has 1 N–H and O–H groups in total. The van der Waals surface area contributed by atoms with E-state index in [2.05, 4.69) is 9.89 Å². The van der Waals surface area contributed by atoms with Crippen LogP contribution in [0.25, 0.3) is 0 Å². The molecule has 0 radical (unpaired) electrons. The van der Waals surface area contributed by atoms with Gasteiger partial charge in [-0.3, -0.25) is 0 Å². The SMILES string of the molecule is CC(=NO)c1ccc(OCC(F)(F)F)cc1. The summed E-state index contributed by atoms with van der Waals surface area (Å²) in [6.07, 6.45) is -4.35. The zero-order chi connectivity index (χ0) is 12.2. The summed E-state index contributed by atoms with van der Waals surface area (Å²) in [5.41, 5.74) is 0.990.